The van der Waals surface area contributed by atoms with Crippen molar-refractivity contribution in [3.63, 3.8) is 0 Å². The molecule has 1 saturated heterocycles. The molecule has 7 nitrogen and oxygen atoms in total. The highest BCUT2D eigenvalue weighted by Gasteiger charge is 2.26. The molecule has 1 atom stereocenters. The van der Waals surface area contributed by atoms with E-state index in [9.17, 15) is 9.18 Å². The molecule has 0 spiro atoms. The number of aromatic nitrogens is 4. The molecule has 2 aromatic heterocycles. The lowest BCUT2D eigenvalue weighted by Gasteiger charge is -2.32. The first-order chi connectivity index (χ1) is 12.7. The topological polar surface area (TPSA) is 75.4 Å². The van der Waals surface area contributed by atoms with Crippen molar-refractivity contribution in [1.82, 2.24) is 25.1 Å². The quantitative estimate of drug-likeness (QED) is 0.773. The number of rotatable bonds is 4. The summed E-state index contributed by atoms with van der Waals surface area (Å²) in [6, 6.07) is 9.94. The molecule has 8 heteroatoms. The lowest BCUT2D eigenvalue weighted by Crippen LogP contribution is -2.43. The van der Waals surface area contributed by atoms with Gasteiger partial charge in [-0.25, -0.2) is 4.39 Å². The zero-order valence-electron chi connectivity index (χ0n) is 14.2. The van der Waals surface area contributed by atoms with Crippen LogP contribution in [0.1, 0.15) is 18.4 Å². The monoisotopic (exact) mass is 354 g/mol. The molecule has 0 radical (unpaired) electrons. The number of nitrogens with one attached hydrogen (secondary N) is 1. The minimum Gasteiger partial charge on any atom is -0.354 e. The van der Waals surface area contributed by atoms with Gasteiger partial charge in [0.25, 0.3) is 0 Å². The Balaban J connectivity index is 1.39. The number of halogens is 1. The molecule has 4 rings (SSSR count). The largest absolute Gasteiger partial charge is 0.354 e. The summed E-state index contributed by atoms with van der Waals surface area (Å²) in [6.07, 6.45) is 3.34. The third kappa shape index (κ3) is 3.49. The zero-order chi connectivity index (χ0) is 17.9. The molecule has 0 unspecified atom stereocenters. The molecule has 1 aliphatic heterocycles. The van der Waals surface area contributed by atoms with Crippen LogP contribution in [0.2, 0.25) is 0 Å². The molecule has 1 N–H and O–H groups in total. The molecule has 0 saturated carbocycles. The number of amides is 1. The summed E-state index contributed by atoms with van der Waals surface area (Å²) in [4.78, 5) is 14.6. The molecule has 134 valence electrons. The van der Waals surface area contributed by atoms with Gasteiger partial charge in [0.15, 0.2) is 5.65 Å². The van der Waals surface area contributed by atoms with Crippen LogP contribution >= 0.6 is 0 Å². The fourth-order valence-corrected chi connectivity index (χ4v) is 3.22. The Bertz CT molecular complexity index is 909. The van der Waals surface area contributed by atoms with Crippen molar-refractivity contribution in [3.8, 4) is 0 Å². The second kappa shape index (κ2) is 7.07. The molecule has 0 aliphatic carbocycles. The van der Waals surface area contributed by atoms with Crippen LogP contribution in [-0.2, 0) is 11.3 Å². The fraction of sp³-hybridized carbons (Fsp3) is 0.333. The van der Waals surface area contributed by atoms with E-state index in [1.807, 2.05) is 12.1 Å². The average Bonchev–Trinajstić information content (AvgIpc) is 3.15. The third-order valence-corrected chi connectivity index (χ3v) is 4.64. The molecule has 26 heavy (non-hydrogen) atoms. The molecular weight excluding hydrogens is 335 g/mol. The number of carbonyl (C=O) groups is 1. The number of benzene rings is 1. The summed E-state index contributed by atoms with van der Waals surface area (Å²) in [6.45, 7) is 1.89. The van der Waals surface area contributed by atoms with Gasteiger partial charge < -0.3 is 10.2 Å². The molecular formula is C18H19FN6O. The van der Waals surface area contributed by atoms with Crippen LogP contribution in [0.25, 0.3) is 5.65 Å². The number of hydrogen-bond donors (Lipinski definition) is 1. The zero-order valence-corrected chi connectivity index (χ0v) is 14.2. The van der Waals surface area contributed by atoms with Gasteiger partial charge >= 0.3 is 0 Å². The number of fused-ring (bicyclic) bond motifs is 1. The highest BCUT2D eigenvalue weighted by atomic mass is 19.1. The van der Waals surface area contributed by atoms with E-state index in [0.717, 1.165) is 30.8 Å². The first-order valence-electron chi connectivity index (χ1n) is 8.63. The molecule has 1 aromatic carbocycles. The van der Waals surface area contributed by atoms with Gasteiger partial charge in [0, 0.05) is 19.6 Å². The van der Waals surface area contributed by atoms with Crippen molar-refractivity contribution in [3.05, 3.63) is 54.1 Å². The van der Waals surface area contributed by atoms with Crippen molar-refractivity contribution in [1.29, 1.82) is 0 Å². The lowest BCUT2D eigenvalue weighted by atomic mass is 9.97. The minimum absolute atomic E-state index is 0.0180. The first-order valence-corrected chi connectivity index (χ1v) is 8.63. The van der Waals surface area contributed by atoms with Gasteiger partial charge in [-0.15, -0.1) is 15.3 Å². The van der Waals surface area contributed by atoms with Crippen molar-refractivity contribution >= 4 is 17.4 Å². The number of piperidine rings is 1. The predicted molar refractivity (Wildman–Crippen MR) is 94.0 cm³/mol. The average molecular weight is 354 g/mol. The number of hydrogen-bond acceptors (Lipinski definition) is 5. The third-order valence-electron chi connectivity index (χ3n) is 4.64. The second-order valence-electron chi connectivity index (χ2n) is 6.45. The predicted octanol–water partition coefficient (Wildman–Crippen LogP) is 1.80. The molecule has 1 fully saturated rings. The molecule has 3 aromatic rings. The maximum absolute atomic E-state index is 12.9. The van der Waals surface area contributed by atoms with Gasteiger partial charge in [0.1, 0.15) is 18.0 Å². The van der Waals surface area contributed by atoms with Gasteiger partial charge in [-0.1, -0.05) is 12.1 Å². The Labute approximate surface area is 149 Å². The van der Waals surface area contributed by atoms with Crippen LogP contribution in [0.15, 0.2) is 42.7 Å². The Morgan fingerprint density at radius 3 is 2.92 bits per heavy atom. The Kier molecular flexibility index (Phi) is 4.47. The van der Waals surface area contributed by atoms with E-state index in [0.29, 0.717) is 18.7 Å². The molecule has 3 heterocycles. The van der Waals surface area contributed by atoms with Crippen LogP contribution in [0, 0.1) is 11.7 Å². The van der Waals surface area contributed by atoms with Gasteiger partial charge in [-0.05, 0) is 42.7 Å². The summed E-state index contributed by atoms with van der Waals surface area (Å²) in [5.74, 6) is 0.459. The standard InChI is InChI=1S/C18H19FN6O/c19-15-5-3-13(4-6-15)10-20-18(26)14-2-1-9-24(11-14)17-8-7-16-22-21-12-25(16)23-17/h3-8,12,14H,1-2,9-11H2,(H,20,26)/t14-/m0/s1. The van der Waals surface area contributed by atoms with E-state index in [-0.39, 0.29) is 17.6 Å². The smallest absolute Gasteiger partial charge is 0.225 e. The maximum atomic E-state index is 12.9. The Hall–Kier alpha value is -3.03. The first kappa shape index (κ1) is 16.4. The van der Waals surface area contributed by atoms with Gasteiger partial charge in [0.2, 0.25) is 5.91 Å². The normalized spacial score (nSPS) is 17.4. The van der Waals surface area contributed by atoms with E-state index >= 15 is 0 Å². The number of nitrogens with zero attached hydrogens (tertiary/aromatic N) is 5. The Morgan fingerprint density at radius 1 is 1.23 bits per heavy atom. The highest BCUT2D eigenvalue weighted by molar-refractivity contribution is 5.79. The number of carbonyl (C=O) groups excluding carboxylic acids is 1. The molecule has 0 bridgehead atoms. The molecule has 1 amide bonds. The van der Waals surface area contributed by atoms with E-state index in [1.165, 1.54) is 12.1 Å². The lowest BCUT2D eigenvalue weighted by molar-refractivity contribution is -0.125. The van der Waals surface area contributed by atoms with E-state index in [1.54, 1.807) is 23.0 Å². The van der Waals surface area contributed by atoms with Crippen LogP contribution in [0.5, 0.6) is 0 Å². The van der Waals surface area contributed by atoms with Gasteiger partial charge in [-0.2, -0.15) is 4.52 Å². The van der Waals surface area contributed by atoms with Gasteiger partial charge in [-0.3, -0.25) is 4.79 Å². The van der Waals surface area contributed by atoms with Crippen molar-refractivity contribution < 1.29 is 9.18 Å². The van der Waals surface area contributed by atoms with Gasteiger partial charge in [0.05, 0.1) is 5.92 Å². The SMILES string of the molecule is O=C(NCc1ccc(F)cc1)[C@H]1CCCN(c2ccc3nncn3n2)C1. The maximum Gasteiger partial charge on any atom is 0.225 e. The van der Waals surface area contributed by atoms with Crippen molar-refractivity contribution in [2.45, 2.75) is 19.4 Å². The van der Waals surface area contributed by atoms with E-state index in [2.05, 4.69) is 25.5 Å². The van der Waals surface area contributed by atoms with Crippen molar-refractivity contribution in [2.24, 2.45) is 5.92 Å². The summed E-state index contributed by atoms with van der Waals surface area (Å²) >= 11 is 0. The second-order valence-corrected chi connectivity index (χ2v) is 6.45. The Morgan fingerprint density at radius 2 is 2.08 bits per heavy atom. The van der Waals surface area contributed by atoms with Crippen molar-refractivity contribution in [2.75, 3.05) is 18.0 Å². The van der Waals surface area contributed by atoms with E-state index in [4.69, 9.17) is 0 Å². The summed E-state index contributed by atoms with van der Waals surface area (Å²) in [7, 11) is 0. The highest BCUT2D eigenvalue weighted by Crippen LogP contribution is 2.22. The van der Waals surface area contributed by atoms with Crippen LogP contribution < -0.4 is 10.2 Å². The fourth-order valence-electron chi connectivity index (χ4n) is 3.22. The summed E-state index contributed by atoms with van der Waals surface area (Å²) < 4.78 is 14.6. The summed E-state index contributed by atoms with van der Waals surface area (Å²) in [5.41, 5.74) is 1.58. The summed E-state index contributed by atoms with van der Waals surface area (Å²) in [5, 5.41) is 15.2. The van der Waals surface area contributed by atoms with Crippen LogP contribution in [-0.4, -0.2) is 38.8 Å². The minimum atomic E-state index is -0.277. The van der Waals surface area contributed by atoms with Crippen LogP contribution in [0.3, 0.4) is 0 Å². The number of anilines is 1. The van der Waals surface area contributed by atoms with Crippen LogP contribution in [0.4, 0.5) is 10.2 Å². The van der Waals surface area contributed by atoms with E-state index < -0.39 is 0 Å². The molecule has 1 aliphatic rings.